The van der Waals surface area contributed by atoms with Gasteiger partial charge in [-0.25, -0.2) is 4.39 Å². The Bertz CT molecular complexity index is 601. The van der Waals surface area contributed by atoms with E-state index in [1.165, 1.54) is 6.07 Å². The van der Waals surface area contributed by atoms with E-state index in [4.69, 9.17) is 0 Å². The molecule has 2 rings (SSSR count). The lowest BCUT2D eigenvalue weighted by atomic mass is 9.99. The average molecular weight is 351 g/mol. The third-order valence-electron chi connectivity index (χ3n) is 3.49. The van der Waals surface area contributed by atoms with Gasteiger partial charge in [-0.2, -0.15) is 0 Å². The van der Waals surface area contributed by atoms with Gasteiger partial charge in [0.25, 0.3) is 0 Å². The van der Waals surface area contributed by atoms with E-state index in [-0.39, 0.29) is 11.9 Å². The summed E-state index contributed by atoms with van der Waals surface area (Å²) in [6, 6.07) is 8.86. The predicted octanol–water partition coefficient (Wildman–Crippen LogP) is 4.58. The predicted molar refractivity (Wildman–Crippen MR) is 87.8 cm³/mol. The van der Waals surface area contributed by atoms with Gasteiger partial charge < -0.3 is 5.32 Å². The molecule has 0 saturated heterocycles. The van der Waals surface area contributed by atoms with Gasteiger partial charge in [0.2, 0.25) is 0 Å². The van der Waals surface area contributed by atoms with E-state index >= 15 is 0 Å². The molecule has 0 aliphatic heterocycles. The normalized spacial score (nSPS) is 12.4. The van der Waals surface area contributed by atoms with Crippen molar-refractivity contribution in [3.8, 4) is 0 Å². The zero-order chi connectivity index (χ0) is 15.2. The van der Waals surface area contributed by atoms with Gasteiger partial charge in [0.15, 0.2) is 0 Å². The Morgan fingerprint density at radius 1 is 1.33 bits per heavy atom. The minimum atomic E-state index is -0.214. The standard InChI is InChI=1S/C17H20BrFN2/c1-3-8-20-17(11-16-12(2)5-4-9-21-16)14-10-13(19)6-7-15(14)18/h4-7,9-10,17,20H,3,8,11H2,1-2H3. The van der Waals surface area contributed by atoms with Gasteiger partial charge in [0.05, 0.1) is 0 Å². The van der Waals surface area contributed by atoms with Crippen LogP contribution in [0.1, 0.15) is 36.2 Å². The highest BCUT2D eigenvalue weighted by Gasteiger charge is 2.17. The van der Waals surface area contributed by atoms with Crippen LogP contribution in [0.3, 0.4) is 0 Å². The monoisotopic (exact) mass is 350 g/mol. The number of rotatable bonds is 6. The van der Waals surface area contributed by atoms with Crippen LogP contribution in [0.4, 0.5) is 4.39 Å². The first-order valence-electron chi connectivity index (χ1n) is 7.20. The Balaban J connectivity index is 2.30. The largest absolute Gasteiger partial charge is 0.310 e. The smallest absolute Gasteiger partial charge is 0.123 e. The number of benzene rings is 1. The fourth-order valence-corrected chi connectivity index (χ4v) is 2.84. The highest BCUT2D eigenvalue weighted by molar-refractivity contribution is 9.10. The molecule has 0 amide bonds. The average Bonchev–Trinajstić information content (AvgIpc) is 2.48. The maximum atomic E-state index is 13.6. The van der Waals surface area contributed by atoms with Gasteiger partial charge in [0, 0.05) is 28.8 Å². The summed E-state index contributed by atoms with van der Waals surface area (Å²) in [4.78, 5) is 4.45. The maximum Gasteiger partial charge on any atom is 0.123 e. The second kappa shape index (κ2) is 7.66. The third-order valence-corrected chi connectivity index (χ3v) is 4.21. The van der Waals surface area contributed by atoms with Gasteiger partial charge in [-0.1, -0.05) is 28.9 Å². The van der Waals surface area contributed by atoms with Crippen LogP contribution in [-0.2, 0) is 6.42 Å². The molecule has 1 aromatic carbocycles. The minimum absolute atomic E-state index is 0.0450. The van der Waals surface area contributed by atoms with E-state index in [1.54, 1.807) is 18.3 Å². The topological polar surface area (TPSA) is 24.9 Å². The highest BCUT2D eigenvalue weighted by atomic mass is 79.9. The molecular formula is C17H20BrFN2. The Hall–Kier alpha value is -1.26. The summed E-state index contributed by atoms with van der Waals surface area (Å²) >= 11 is 3.53. The number of hydrogen-bond acceptors (Lipinski definition) is 2. The number of aromatic nitrogens is 1. The second-order valence-corrected chi connectivity index (χ2v) is 6.00. The fourth-order valence-electron chi connectivity index (χ4n) is 2.32. The van der Waals surface area contributed by atoms with Crippen LogP contribution in [0.5, 0.6) is 0 Å². The van der Waals surface area contributed by atoms with E-state index in [0.29, 0.717) is 0 Å². The molecule has 0 saturated carbocycles. The number of aryl methyl sites for hydroxylation is 1. The Morgan fingerprint density at radius 2 is 2.14 bits per heavy atom. The first kappa shape index (κ1) is 16.1. The zero-order valence-corrected chi connectivity index (χ0v) is 14.0. The van der Waals surface area contributed by atoms with Gasteiger partial charge >= 0.3 is 0 Å². The van der Waals surface area contributed by atoms with Crippen LogP contribution in [-0.4, -0.2) is 11.5 Å². The Kier molecular flexibility index (Phi) is 5.88. The third kappa shape index (κ3) is 4.35. The van der Waals surface area contributed by atoms with Crippen molar-refractivity contribution in [3.63, 3.8) is 0 Å². The van der Waals surface area contributed by atoms with Crippen molar-refractivity contribution in [1.82, 2.24) is 10.3 Å². The summed E-state index contributed by atoms with van der Waals surface area (Å²) in [5.41, 5.74) is 3.14. The lowest BCUT2D eigenvalue weighted by Crippen LogP contribution is -2.25. The summed E-state index contributed by atoms with van der Waals surface area (Å²) in [5.74, 6) is -0.214. The van der Waals surface area contributed by atoms with E-state index in [1.807, 2.05) is 6.07 Å². The summed E-state index contributed by atoms with van der Waals surface area (Å²) in [7, 11) is 0. The van der Waals surface area contributed by atoms with E-state index in [0.717, 1.165) is 40.7 Å². The van der Waals surface area contributed by atoms with Crippen molar-refractivity contribution in [2.24, 2.45) is 0 Å². The molecule has 0 aliphatic rings. The summed E-state index contributed by atoms with van der Waals surface area (Å²) < 4.78 is 14.5. The molecule has 1 N–H and O–H groups in total. The molecule has 1 atom stereocenters. The molecule has 4 heteroatoms. The minimum Gasteiger partial charge on any atom is -0.310 e. The molecule has 0 bridgehead atoms. The summed E-state index contributed by atoms with van der Waals surface area (Å²) in [5, 5.41) is 3.49. The number of halogens is 2. The molecule has 0 radical (unpaired) electrons. The van der Waals surface area contributed by atoms with Crippen molar-refractivity contribution < 1.29 is 4.39 Å². The highest BCUT2D eigenvalue weighted by Crippen LogP contribution is 2.27. The molecule has 1 heterocycles. The van der Waals surface area contributed by atoms with Gasteiger partial charge in [-0.3, -0.25) is 4.98 Å². The Morgan fingerprint density at radius 3 is 2.86 bits per heavy atom. The van der Waals surface area contributed by atoms with Crippen LogP contribution in [0.2, 0.25) is 0 Å². The lowest BCUT2D eigenvalue weighted by molar-refractivity contribution is 0.517. The molecule has 2 nitrogen and oxygen atoms in total. The van der Waals surface area contributed by atoms with Crippen molar-refractivity contribution in [1.29, 1.82) is 0 Å². The molecule has 1 aromatic heterocycles. The second-order valence-electron chi connectivity index (χ2n) is 5.14. The van der Waals surface area contributed by atoms with Crippen LogP contribution >= 0.6 is 15.9 Å². The van der Waals surface area contributed by atoms with Crippen LogP contribution in [0.25, 0.3) is 0 Å². The quantitative estimate of drug-likeness (QED) is 0.824. The van der Waals surface area contributed by atoms with Gasteiger partial charge in [-0.05, 0) is 55.3 Å². The maximum absolute atomic E-state index is 13.6. The van der Waals surface area contributed by atoms with Crippen LogP contribution < -0.4 is 5.32 Å². The molecule has 21 heavy (non-hydrogen) atoms. The Labute approximate surface area is 133 Å². The molecule has 1 unspecified atom stereocenters. The van der Waals surface area contributed by atoms with E-state index < -0.39 is 0 Å². The fraction of sp³-hybridized carbons (Fsp3) is 0.353. The summed E-state index contributed by atoms with van der Waals surface area (Å²) in [6.45, 7) is 5.07. The number of pyridine rings is 1. The number of hydrogen-bond donors (Lipinski definition) is 1. The molecule has 2 aromatic rings. The van der Waals surface area contributed by atoms with Crippen molar-refractivity contribution in [2.75, 3.05) is 6.54 Å². The lowest BCUT2D eigenvalue weighted by Gasteiger charge is -2.21. The zero-order valence-electron chi connectivity index (χ0n) is 12.4. The van der Waals surface area contributed by atoms with Crippen molar-refractivity contribution >= 4 is 15.9 Å². The van der Waals surface area contributed by atoms with Gasteiger partial charge in [0.1, 0.15) is 5.82 Å². The number of nitrogens with one attached hydrogen (secondary N) is 1. The van der Waals surface area contributed by atoms with Crippen molar-refractivity contribution in [3.05, 3.63) is 63.6 Å². The first-order chi connectivity index (χ1) is 10.1. The summed E-state index contributed by atoms with van der Waals surface area (Å²) in [6.07, 6.45) is 3.58. The first-order valence-corrected chi connectivity index (χ1v) is 8.00. The van der Waals surface area contributed by atoms with E-state index in [2.05, 4.69) is 46.1 Å². The van der Waals surface area contributed by atoms with Gasteiger partial charge in [-0.15, -0.1) is 0 Å². The van der Waals surface area contributed by atoms with Crippen molar-refractivity contribution in [2.45, 2.75) is 32.7 Å². The SMILES string of the molecule is CCCNC(Cc1ncccc1C)c1cc(F)ccc1Br. The molecular weight excluding hydrogens is 331 g/mol. The molecule has 0 spiro atoms. The molecule has 112 valence electrons. The molecule has 0 aliphatic carbocycles. The van der Waals surface area contributed by atoms with E-state index in [9.17, 15) is 4.39 Å². The van der Waals surface area contributed by atoms with Crippen LogP contribution in [0, 0.1) is 12.7 Å². The number of nitrogens with zero attached hydrogens (tertiary/aromatic N) is 1. The van der Waals surface area contributed by atoms with Crippen LogP contribution in [0.15, 0.2) is 41.0 Å². The molecule has 0 fully saturated rings.